The van der Waals surface area contributed by atoms with Crippen molar-refractivity contribution >= 4 is 15.9 Å². The second-order valence-corrected chi connectivity index (χ2v) is 6.37. The van der Waals surface area contributed by atoms with Crippen molar-refractivity contribution in [2.24, 2.45) is 0 Å². The van der Waals surface area contributed by atoms with Crippen molar-refractivity contribution in [3.8, 4) is 0 Å². The van der Waals surface area contributed by atoms with E-state index in [4.69, 9.17) is 0 Å². The van der Waals surface area contributed by atoms with Gasteiger partial charge in [-0.3, -0.25) is 0 Å². The average Bonchev–Trinajstić information content (AvgIpc) is 2.36. The molecule has 0 aliphatic carbocycles. The Morgan fingerprint density at radius 2 is 1.74 bits per heavy atom. The molecule has 0 saturated carbocycles. The van der Waals surface area contributed by atoms with Crippen LogP contribution in [0.3, 0.4) is 0 Å². The molecule has 0 fully saturated rings. The molecule has 0 aliphatic heterocycles. The minimum absolute atomic E-state index is 0.0763. The number of rotatable bonds is 4. The van der Waals surface area contributed by atoms with Gasteiger partial charge in [-0.05, 0) is 43.5 Å². The zero-order valence-electron chi connectivity index (χ0n) is 11.3. The number of benzene rings is 2. The van der Waals surface area contributed by atoms with Gasteiger partial charge in [0, 0.05) is 10.4 Å². The molecule has 2 rings (SSSR count). The summed E-state index contributed by atoms with van der Waals surface area (Å²) in [6, 6.07) is 18.5. The molecule has 0 saturated heterocycles. The highest BCUT2D eigenvalue weighted by atomic mass is 79.9. The molecular weight excluding hydrogens is 300 g/mol. The lowest BCUT2D eigenvalue weighted by Crippen LogP contribution is -2.30. The highest BCUT2D eigenvalue weighted by Gasteiger charge is 2.28. The maximum absolute atomic E-state index is 10.5. The van der Waals surface area contributed by atoms with Crippen molar-refractivity contribution in [2.45, 2.75) is 31.8 Å². The molecule has 0 unspecified atom stereocenters. The minimum Gasteiger partial charge on any atom is -0.390 e. The van der Waals surface area contributed by atoms with E-state index >= 15 is 0 Å². The predicted octanol–water partition coefficient (Wildman–Crippen LogP) is 4.55. The van der Waals surface area contributed by atoms with Crippen LogP contribution in [0.4, 0.5) is 0 Å². The molecule has 0 bridgehead atoms. The van der Waals surface area contributed by atoms with Gasteiger partial charge < -0.3 is 5.11 Å². The molecule has 19 heavy (non-hydrogen) atoms. The molecule has 1 atom stereocenters. The summed E-state index contributed by atoms with van der Waals surface area (Å²) < 4.78 is 1.05. The maximum Gasteiger partial charge on any atom is 0.0663 e. The fourth-order valence-corrected chi connectivity index (χ4v) is 2.77. The van der Waals surface area contributed by atoms with E-state index in [2.05, 4.69) is 40.2 Å². The summed E-state index contributed by atoms with van der Waals surface area (Å²) in [5, 5.41) is 10.5. The summed E-state index contributed by atoms with van der Waals surface area (Å²) in [4.78, 5) is 0. The maximum atomic E-state index is 10.5. The number of hydrogen-bond acceptors (Lipinski definition) is 1. The molecule has 0 aromatic heterocycles. The minimum atomic E-state index is -0.753. The van der Waals surface area contributed by atoms with Crippen LogP contribution in [0, 0.1) is 0 Å². The fraction of sp³-hybridized carbons (Fsp3) is 0.294. The lowest BCUT2D eigenvalue weighted by Gasteiger charge is -2.30. The molecule has 2 heteroatoms. The number of aliphatic hydroxyl groups is 1. The first kappa shape index (κ1) is 14.3. The van der Waals surface area contributed by atoms with Gasteiger partial charge in [0.05, 0.1) is 5.60 Å². The first-order chi connectivity index (χ1) is 8.97. The number of hydrogen-bond donors (Lipinski definition) is 1. The van der Waals surface area contributed by atoms with Crippen LogP contribution in [0.5, 0.6) is 0 Å². The highest BCUT2D eigenvalue weighted by Crippen LogP contribution is 2.32. The van der Waals surface area contributed by atoms with Crippen molar-refractivity contribution in [3.05, 3.63) is 70.2 Å². The van der Waals surface area contributed by atoms with Gasteiger partial charge in [0.2, 0.25) is 0 Å². The van der Waals surface area contributed by atoms with Gasteiger partial charge >= 0.3 is 0 Å². The molecule has 1 N–H and O–H groups in total. The fourth-order valence-electron chi connectivity index (χ4n) is 2.35. The molecule has 0 aliphatic rings. The Bertz CT molecular complexity index is 528. The summed E-state index contributed by atoms with van der Waals surface area (Å²) >= 11 is 3.50. The van der Waals surface area contributed by atoms with Gasteiger partial charge in [0.1, 0.15) is 0 Å². The molecule has 2 aromatic carbocycles. The topological polar surface area (TPSA) is 20.2 Å². The normalized spacial score (nSPS) is 13.3. The van der Waals surface area contributed by atoms with E-state index in [0.717, 1.165) is 16.5 Å². The van der Waals surface area contributed by atoms with Crippen molar-refractivity contribution in [3.63, 3.8) is 0 Å². The third-order valence-corrected chi connectivity index (χ3v) is 3.88. The van der Waals surface area contributed by atoms with Crippen molar-refractivity contribution < 1.29 is 5.11 Å². The third kappa shape index (κ3) is 3.92. The first-order valence-corrected chi connectivity index (χ1v) is 7.28. The number of halogens is 1. The van der Waals surface area contributed by atoms with Crippen LogP contribution in [-0.4, -0.2) is 10.7 Å². The van der Waals surface area contributed by atoms with Gasteiger partial charge in [0.15, 0.2) is 0 Å². The standard InChI is InChI=1S/C17H19BrO/c1-17(2,19)16(11-13-7-4-3-5-8-13)14-9-6-10-15(18)12-14/h3-10,12,16,19H,11H2,1-2H3/t16-/m1/s1. The van der Waals surface area contributed by atoms with Crippen LogP contribution in [-0.2, 0) is 6.42 Å². The zero-order chi connectivity index (χ0) is 13.9. The van der Waals surface area contributed by atoms with Crippen LogP contribution in [0.2, 0.25) is 0 Å². The van der Waals surface area contributed by atoms with Crippen LogP contribution in [0.25, 0.3) is 0 Å². The predicted molar refractivity (Wildman–Crippen MR) is 83.3 cm³/mol. The Kier molecular flexibility index (Phi) is 4.43. The Hall–Kier alpha value is -1.12. The Morgan fingerprint density at radius 1 is 1.05 bits per heavy atom. The smallest absolute Gasteiger partial charge is 0.0663 e. The average molecular weight is 319 g/mol. The van der Waals surface area contributed by atoms with Crippen molar-refractivity contribution in [1.82, 2.24) is 0 Å². The largest absolute Gasteiger partial charge is 0.390 e. The Morgan fingerprint density at radius 3 is 2.32 bits per heavy atom. The summed E-state index contributed by atoms with van der Waals surface area (Å²) in [6.45, 7) is 3.75. The Labute approximate surface area is 123 Å². The van der Waals surface area contributed by atoms with Gasteiger partial charge in [-0.15, -0.1) is 0 Å². The lowest BCUT2D eigenvalue weighted by molar-refractivity contribution is 0.0496. The first-order valence-electron chi connectivity index (χ1n) is 6.48. The van der Waals surface area contributed by atoms with Crippen LogP contribution in [0.1, 0.15) is 30.9 Å². The van der Waals surface area contributed by atoms with E-state index in [9.17, 15) is 5.11 Å². The van der Waals surface area contributed by atoms with Crippen molar-refractivity contribution in [1.29, 1.82) is 0 Å². The molecule has 0 amide bonds. The molecule has 2 aromatic rings. The zero-order valence-corrected chi connectivity index (χ0v) is 12.9. The summed E-state index contributed by atoms with van der Waals surface area (Å²) in [6.07, 6.45) is 0.834. The van der Waals surface area contributed by atoms with Crippen molar-refractivity contribution in [2.75, 3.05) is 0 Å². The highest BCUT2D eigenvalue weighted by molar-refractivity contribution is 9.10. The molecular formula is C17H19BrO. The second-order valence-electron chi connectivity index (χ2n) is 5.45. The molecule has 0 radical (unpaired) electrons. The summed E-state index contributed by atoms with van der Waals surface area (Å²) in [5.41, 5.74) is 1.65. The summed E-state index contributed by atoms with van der Waals surface area (Å²) in [7, 11) is 0. The van der Waals surface area contributed by atoms with E-state index in [-0.39, 0.29) is 5.92 Å². The van der Waals surface area contributed by atoms with Gasteiger partial charge in [-0.25, -0.2) is 0 Å². The van der Waals surface area contributed by atoms with Crippen LogP contribution >= 0.6 is 15.9 Å². The monoisotopic (exact) mass is 318 g/mol. The van der Waals surface area contributed by atoms with E-state index in [1.165, 1.54) is 5.56 Å². The van der Waals surface area contributed by atoms with Crippen LogP contribution < -0.4 is 0 Å². The van der Waals surface area contributed by atoms with Gasteiger partial charge in [0.25, 0.3) is 0 Å². The molecule has 1 nitrogen and oxygen atoms in total. The quantitative estimate of drug-likeness (QED) is 0.877. The van der Waals surface area contributed by atoms with E-state index in [1.54, 1.807) is 0 Å². The van der Waals surface area contributed by atoms with Gasteiger partial charge in [-0.2, -0.15) is 0 Å². The lowest BCUT2D eigenvalue weighted by atomic mass is 9.80. The second kappa shape index (κ2) is 5.89. The molecule has 0 heterocycles. The molecule has 0 spiro atoms. The Balaban J connectivity index is 2.32. The van der Waals surface area contributed by atoms with Gasteiger partial charge in [-0.1, -0.05) is 58.4 Å². The van der Waals surface area contributed by atoms with E-state index in [1.807, 2.05) is 44.2 Å². The van der Waals surface area contributed by atoms with E-state index < -0.39 is 5.60 Å². The van der Waals surface area contributed by atoms with Crippen LogP contribution in [0.15, 0.2) is 59.1 Å². The SMILES string of the molecule is CC(C)(O)[C@H](Cc1ccccc1)c1cccc(Br)c1. The van der Waals surface area contributed by atoms with E-state index in [0.29, 0.717) is 0 Å². The molecule has 100 valence electrons. The summed E-state index contributed by atoms with van der Waals surface area (Å²) in [5.74, 6) is 0.0763. The third-order valence-electron chi connectivity index (χ3n) is 3.39.